The van der Waals surface area contributed by atoms with Crippen LogP contribution in [-0.4, -0.2) is 47.6 Å². The Morgan fingerprint density at radius 2 is 2.32 bits per heavy atom. The van der Waals surface area contributed by atoms with Gasteiger partial charge in [0, 0.05) is 51.2 Å². The van der Waals surface area contributed by atoms with Crippen LogP contribution >= 0.6 is 11.5 Å². The van der Waals surface area contributed by atoms with Crippen molar-refractivity contribution in [1.82, 2.24) is 14.3 Å². The van der Waals surface area contributed by atoms with Crippen molar-refractivity contribution < 1.29 is 4.74 Å². The second-order valence-corrected chi connectivity index (χ2v) is 6.27. The molecule has 1 saturated heterocycles. The molecule has 0 unspecified atom stereocenters. The highest BCUT2D eigenvalue weighted by molar-refractivity contribution is 7.09. The Bertz CT molecular complexity index is 630. The van der Waals surface area contributed by atoms with Gasteiger partial charge in [0.25, 0.3) is 0 Å². The topological polar surface area (TPSA) is 54.4 Å². The molecule has 0 radical (unpaired) electrons. The number of rotatable bonds is 5. The molecule has 0 bridgehead atoms. The lowest BCUT2D eigenvalue weighted by Crippen LogP contribution is -2.25. The first-order valence-corrected chi connectivity index (χ1v) is 8.31. The standard InChI is InChI=1S/C15H21N5OS/c1-4-13-17-15(22-18-13)20-9-7-11(10-20)21-12-6-5-8-16-14(12)19(2)3/h5-6,8,11H,4,7,9-10H2,1-3H3/t11-/m0/s1. The minimum Gasteiger partial charge on any atom is -0.485 e. The maximum atomic E-state index is 6.16. The van der Waals surface area contributed by atoms with Crippen molar-refractivity contribution in [2.45, 2.75) is 25.9 Å². The third kappa shape index (κ3) is 3.14. The van der Waals surface area contributed by atoms with Gasteiger partial charge < -0.3 is 14.5 Å². The van der Waals surface area contributed by atoms with E-state index in [1.165, 1.54) is 11.5 Å². The molecule has 1 fully saturated rings. The predicted molar refractivity (Wildman–Crippen MR) is 89.1 cm³/mol. The van der Waals surface area contributed by atoms with Gasteiger partial charge in [-0.3, -0.25) is 0 Å². The van der Waals surface area contributed by atoms with Crippen molar-refractivity contribution in [3.05, 3.63) is 24.2 Å². The Kier molecular flexibility index (Phi) is 4.42. The quantitative estimate of drug-likeness (QED) is 0.842. The SMILES string of the molecule is CCc1nsc(N2CC[C@H](Oc3cccnc3N(C)C)C2)n1. The van der Waals surface area contributed by atoms with Crippen LogP contribution in [-0.2, 0) is 6.42 Å². The lowest BCUT2D eigenvalue weighted by atomic mass is 10.3. The molecule has 7 heteroatoms. The Morgan fingerprint density at radius 1 is 1.45 bits per heavy atom. The number of aromatic nitrogens is 3. The summed E-state index contributed by atoms with van der Waals surface area (Å²) in [6.45, 7) is 3.88. The maximum Gasteiger partial charge on any atom is 0.205 e. The predicted octanol–water partition coefficient (Wildman–Crippen LogP) is 2.22. The number of hydrogen-bond donors (Lipinski definition) is 0. The first kappa shape index (κ1) is 15.0. The molecule has 3 heterocycles. The molecule has 0 amide bonds. The normalized spacial score (nSPS) is 17.8. The second-order valence-electron chi connectivity index (χ2n) is 5.54. The third-order valence-corrected chi connectivity index (χ3v) is 4.47. The van der Waals surface area contributed by atoms with Crippen molar-refractivity contribution in [2.24, 2.45) is 0 Å². The molecule has 0 aliphatic carbocycles. The fraction of sp³-hybridized carbons (Fsp3) is 0.533. The molecule has 0 aromatic carbocycles. The number of pyridine rings is 1. The first-order chi connectivity index (χ1) is 10.7. The lowest BCUT2D eigenvalue weighted by molar-refractivity contribution is 0.225. The second kappa shape index (κ2) is 6.48. The summed E-state index contributed by atoms with van der Waals surface area (Å²) in [7, 11) is 3.95. The minimum absolute atomic E-state index is 0.164. The molecule has 0 saturated carbocycles. The summed E-state index contributed by atoms with van der Waals surface area (Å²) in [5.74, 6) is 2.63. The fourth-order valence-electron chi connectivity index (χ4n) is 2.50. The smallest absolute Gasteiger partial charge is 0.205 e. The molecule has 6 nitrogen and oxygen atoms in total. The fourth-order valence-corrected chi connectivity index (χ4v) is 3.29. The van der Waals surface area contributed by atoms with Crippen molar-refractivity contribution in [3.8, 4) is 5.75 Å². The summed E-state index contributed by atoms with van der Waals surface area (Å²) in [5, 5.41) is 1.00. The summed E-state index contributed by atoms with van der Waals surface area (Å²) >= 11 is 1.48. The molecule has 22 heavy (non-hydrogen) atoms. The first-order valence-electron chi connectivity index (χ1n) is 7.54. The zero-order valence-electron chi connectivity index (χ0n) is 13.2. The number of aryl methyl sites for hydroxylation is 1. The molecule has 2 aromatic heterocycles. The summed E-state index contributed by atoms with van der Waals surface area (Å²) in [4.78, 5) is 13.2. The van der Waals surface area contributed by atoms with E-state index in [-0.39, 0.29) is 6.10 Å². The van der Waals surface area contributed by atoms with E-state index in [0.717, 1.165) is 48.5 Å². The summed E-state index contributed by atoms with van der Waals surface area (Å²) in [5.41, 5.74) is 0. The molecule has 118 valence electrons. The van der Waals surface area contributed by atoms with Crippen LogP contribution < -0.4 is 14.5 Å². The van der Waals surface area contributed by atoms with Gasteiger partial charge in [0.15, 0.2) is 11.6 Å². The molecular weight excluding hydrogens is 298 g/mol. The van der Waals surface area contributed by atoms with E-state index < -0.39 is 0 Å². The zero-order chi connectivity index (χ0) is 15.5. The molecule has 2 aromatic rings. The molecule has 1 aliphatic rings. The maximum absolute atomic E-state index is 6.16. The van der Waals surface area contributed by atoms with Crippen LogP contribution in [0.1, 0.15) is 19.2 Å². The molecule has 1 aliphatic heterocycles. The van der Waals surface area contributed by atoms with Crippen molar-refractivity contribution in [1.29, 1.82) is 0 Å². The van der Waals surface area contributed by atoms with Gasteiger partial charge in [-0.05, 0) is 12.1 Å². The van der Waals surface area contributed by atoms with Crippen LogP contribution in [0.5, 0.6) is 5.75 Å². The van der Waals surface area contributed by atoms with Crippen LogP contribution in [0.25, 0.3) is 0 Å². The van der Waals surface area contributed by atoms with E-state index in [4.69, 9.17) is 4.74 Å². The van der Waals surface area contributed by atoms with Crippen molar-refractivity contribution in [2.75, 3.05) is 37.0 Å². The van der Waals surface area contributed by atoms with Gasteiger partial charge >= 0.3 is 0 Å². The van der Waals surface area contributed by atoms with Crippen LogP contribution in [0.2, 0.25) is 0 Å². The number of ether oxygens (including phenoxy) is 1. The number of anilines is 2. The Hall–Kier alpha value is -1.89. The summed E-state index contributed by atoms with van der Waals surface area (Å²) < 4.78 is 10.5. The Balaban J connectivity index is 1.66. The van der Waals surface area contributed by atoms with Gasteiger partial charge in [0.1, 0.15) is 11.9 Å². The van der Waals surface area contributed by atoms with Crippen LogP contribution in [0.15, 0.2) is 18.3 Å². The molecule has 0 N–H and O–H groups in total. The van der Waals surface area contributed by atoms with Gasteiger partial charge in [-0.2, -0.15) is 4.37 Å². The van der Waals surface area contributed by atoms with E-state index in [2.05, 4.69) is 26.2 Å². The number of nitrogens with zero attached hydrogens (tertiary/aromatic N) is 5. The van der Waals surface area contributed by atoms with Crippen LogP contribution in [0.4, 0.5) is 10.9 Å². The van der Waals surface area contributed by atoms with Crippen molar-refractivity contribution >= 4 is 22.5 Å². The van der Waals surface area contributed by atoms with E-state index in [1.807, 2.05) is 31.1 Å². The van der Waals surface area contributed by atoms with Gasteiger partial charge in [-0.1, -0.05) is 6.92 Å². The lowest BCUT2D eigenvalue weighted by Gasteiger charge is -2.20. The summed E-state index contributed by atoms with van der Waals surface area (Å²) in [6, 6.07) is 3.89. The van der Waals surface area contributed by atoms with Crippen LogP contribution in [0.3, 0.4) is 0 Å². The van der Waals surface area contributed by atoms with Gasteiger partial charge in [-0.25, -0.2) is 9.97 Å². The summed E-state index contributed by atoms with van der Waals surface area (Å²) in [6.07, 6.45) is 3.82. The molecular formula is C15H21N5OS. The highest BCUT2D eigenvalue weighted by atomic mass is 32.1. The zero-order valence-corrected chi connectivity index (χ0v) is 14.0. The van der Waals surface area contributed by atoms with E-state index in [1.54, 1.807) is 6.20 Å². The average Bonchev–Trinajstić information content (AvgIpc) is 3.16. The third-order valence-electron chi connectivity index (χ3n) is 3.66. The van der Waals surface area contributed by atoms with Gasteiger partial charge in [0.05, 0.1) is 6.54 Å². The number of hydrogen-bond acceptors (Lipinski definition) is 7. The van der Waals surface area contributed by atoms with E-state index >= 15 is 0 Å². The molecule has 3 rings (SSSR count). The average molecular weight is 319 g/mol. The van der Waals surface area contributed by atoms with Gasteiger partial charge in [-0.15, -0.1) is 0 Å². The monoisotopic (exact) mass is 319 g/mol. The van der Waals surface area contributed by atoms with E-state index in [9.17, 15) is 0 Å². The Morgan fingerprint density at radius 3 is 3.05 bits per heavy atom. The Labute approximate surface area is 134 Å². The van der Waals surface area contributed by atoms with Crippen LogP contribution in [0, 0.1) is 0 Å². The minimum atomic E-state index is 0.164. The van der Waals surface area contributed by atoms with Gasteiger partial charge in [0.2, 0.25) is 5.13 Å². The molecule has 1 atom stereocenters. The molecule has 0 spiro atoms. The highest BCUT2D eigenvalue weighted by Gasteiger charge is 2.27. The highest BCUT2D eigenvalue weighted by Crippen LogP contribution is 2.28. The van der Waals surface area contributed by atoms with Crippen molar-refractivity contribution in [3.63, 3.8) is 0 Å². The van der Waals surface area contributed by atoms with E-state index in [0.29, 0.717) is 0 Å². The largest absolute Gasteiger partial charge is 0.485 e.